The zero-order valence-corrected chi connectivity index (χ0v) is 24.3. The van der Waals surface area contributed by atoms with E-state index in [2.05, 4.69) is 25.8 Å². The number of fused-ring (bicyclic) bond motifs is 3. The second-order valence-corrected chi connectivity index (χ2v) is 11.5. The number of ether oxygens (including phenoxy) is 1. The minimum absolute atomic E-state index is 0.0165. The van der Waals surface area contributed by atoms with Gasteiger partial charge in [0.2, 0.25) is 0 Å². The predicted octanol–water partition coefficient (Wildman–Crippen LogP) is 5.06. The van der Waals surface area contributed by atoms with Crippen molar-refractivity contribution in [2.75, 3.05) is 44.9 Å². The first-order valence-electron chi connectivity index (χ1n) is 14.9. The third-order valence-corrected chi connectivity index (χ3v) is 9.11. The van der Waals surface area contributed by atoms with Crippen LogP contribution in [0.4, 0.5) is 14.6 Å². The molecule has 0 aliphatic carbocycles. The second-order valence-electron chi connectivity index (χ2n) is 11.5. The van der Waals surface area contributed by atoms with Crippen molar-refractivity contribution in [3.63, 3.8) is 0 Å². The van der Waals surface area contributed by atoms with E-state index in [9.17, 15) is 18.7 Å². The molecule has 0 radical (unpaired) electrons. The average molecular weight is 591 g/mol. The second kappa shape index (κ2) is 11.8. The van der Waals surface area contributed by atoms with Crippen molar-refractivity contribution in [1.29, 1.82) is 0 Å². The topological polar surface area (TPSA) is 99.5 Å². The molecule has 3 aliphatic heterocycles. The van der Waals surface area contributed by atoms with Crippen molar-refractivity contribution >= 4 is 27.6 Å². The number of aromatic nitrogens is 4. The first-order chi connectivity index (χ1) is 21.0. The third kappa shape index (κ3) is 5.07. The predicted molar refractivity (Wildman–Crippen MR) is 163 cm³/mol. The molecule has 7 rings (SSSR count). The number of H-pyrrole nitrogens is 1. The Labute approximate surface area is 248 Å². The molecule has 0 unspecified atom stereocenters. The van der Waals surface area contributed by atoms with Gasteiger partial charge < -0.3 is 14.7 Å². The number of phenolic OH excluding ortho intramolecular Hbond substituents is 1. The Hall–Kier alpha value is -4.17. The molecule has 2 N–H and O–H groups in total. The highest BCUT2D eigenvalue weighted by Crippen LogP contribution is 2.39. The standard InChI is InChI=1S/C31H33FN6O3.CH3F/c1-2-22-23(32)10-9-20-17-21(39)18-24(25(20)22)38-29(40)26-27(35-38)33-30(34-28(26)36-13-5-3-4-6-14-36)41-19-31-11-7-15-37(31)16-8-12-31;1-2/h1,9-10,17-18,39H,3-8,11-16,19H2,(H,33,34,35);1H3. The highest BCUT2D eigenvalue weighted by Gasteiger charge is 2.45. The first kappa shape index (κ1) is 28.9. The van der Waals surface area contributed by atoms with Crippen molar-refractivity contribution in [1.82, 2.24) is 24.6 Å². The van der Waals surface area contributed by atoms with Crippen LogP contribution in [0.5, 0.6) is 11.8 Å². The fraction of sp³-hybridized carbons (Fsp3) is 0.469. The highest BCUT2D eigenvalue weighted by molar-refractivity contribution is 5.97. The molecule has 0 spiro atoms. The molecule has 3 saturated heterocycles. The van der Waals surface area contributed by atoms with Gasteiger partial charge in [-0.1, -0.05) is 24.8 Å². The Morgan fingerprint density at radius 1 is 1.02 bits per heavy atom. The Balaban J connectivity index is 0.00000161. The summed E-state index contributed by atoms with van der Waals surface area (Å²) in [6.45, 7) is 4.24. The summed E-state index contributed by atoms with van der Waals surface area (Å²) >= 11 is 0. The molecule has 0 atom stereocenters. The van der Waals surface area contributed by atoms with Crippen LogP contribution in [0, 0.1) is 18.2 Å². The Kier molecular flexibility index (Phi) is 7.97. The van der Waals surface area contributed by atoms with Crippen LogP contribution >= 0.6 is 0 Å². The number of halogens is 2. The first-order valence-corrected chi connectivity index (χ1v) is 14.9. The van der Waals surface area contributed by atoms with Crippen LogP contribution in [-0.2, 0) is 0 Å². The summed E-state index contributed by atoms with van der Waals surface area (Å²) < 4.78 is 31.9. The third-order valence-electron chi connectivity index (χ3n) is 9.11. The number of nitrogens with one attached hydrogen (secondary N) is 1. The van der Waals surface area contributed by atoms with E-state index in [1.54, 1.807) is 0 Å². The summed E-state index contributed by atoms with van der Waals surface area (Å²) in [6, 6.07) is 5.93. The smallest absolute Gasteiger partial charge is 0.320 e. The maximum atomic E-state index is 14.8. The van der Waals surface area contributed by atoms with Gasteiger partial charge in [0.15, 0.2) is 11.5 Å². The maximum absolute atomic E-state index is 14.8. The molecule has 3 aliphatic rings. The van der Waals surface area contributed by atoms with Crippen LogP contribution in [-0.4, -0.2) is 75.3 Å². The van der Waals surface area contributed by atoms with Crippen LogP contribution in [0.15, 0.2) is 29.1 Å². The normalized spacial score (nSPS) is 18.2. The van der Waals surface area contributed by atoms with E-state index in [0.717, 1.165) is 77.5 Å². The van der Waals surface area contributed by atoms with Gasteiger partial charge in [-0.25, -0.2) is 9.07 Å². The summed E-state index contributed by atoms with van der Waals surface area (Å²) in [7, 11) is 0.500. The van der Waals surface area contributed by atoms with E-state index in [4.69, 9.17) is 16.1 Å². The van der Waals surface area contributed by atoms with Crippen molar-refractivity contribution in [2.24, 2.45) is 0 Å². The lowest BCUT2D eigenvalue weighted by Crippen LogP contribution is -2.43. The number of terminal acetylenes is 1. The number of rotatable bonds is 5. The summed E-state index contributed by atoms with van der Waals surface area (Å²) in [6.07, 6.45) is 14.5. The summed E-state index contributed by atoms with van der Waals surface area (Å²) in [5, 5.41) is 14.8. The van der Waals surface area contributed by atoms with Crippen LogP contribution in [0.3, 0.4) is 0 Å². The summed E-state index contributed by atoms with van der Waals surface area (Å²) in [5.41, 5.74) is 0.202. The Morgan fingerprint density at radius 3 is 2.44 bits per heavy atom. The van der Waals surface area contributed by atoms with E-state index >= 15 is 0 Å². The number of alkyl halides is 1. The highest BCUT2D eigenvalue weighted by atomic mass is 19.1. The van der Waals surface area contributed by atoms with Gasteiger partial charge in [0, 0.05) is 24.5 Å². The molecular weight excluding hydrogens is 554 g/mol. The number of hydrogen-bond acceptors (Lipinski definition) is 7. The van der Waals surface area contributed by atoms with Crippen molar-refractivity contribution in [3.8, 4) is 29.8 Å². The van der Waals surface area contributed by atoms with E-state index in [-0.39, 0.29) is 28.5 Å². The van der Waals surface area contributed by atoms with Gasteiger partial charge in [0.25, 0.3) is 5.56 Å². The van der Waals surface area contributed by atoms with Gasteiger partial charge in [-0.2, -0.15) is 9.97 Å². The lowest BCUT2D eigenvalue weighted by molar-refractivity contribution is 0.108. The molecule has 4 aromatic rings. The van der Waals surface area contributed by atoms with Gasteiger partial charge in [0.05, 0.1) is 24.0 Å². The van der Waals surface area contributed by atoms with Crippen LogP contribution in [0.25, 0.3) is 27.5 Å². The molecule has 9 nitrogen and oxygen atoms in total. The van der Waals surface area contributed by atoms with Gasteiger partial charge in [-0.3, -0.25) is 19.2 Å². The number of benzene rings is 2. The minimum Gasteiger partial charge on any atom is -0.508 e. The molecule has 226 valence electrons. The molecule has 2 aromatic carbocycles. The number of hydrogen-bond donors (Lipinski definition) is 2. The fourth-order valence-corrected chi connectivity index (χ4v) is 7.10. The van der Waals surface area contributed by atoms with Crippen LogP contribution < -0.4 is 15.2 Å². The monoisotopic (exact) mass is 590 g/mol. The molecule has 2 aromatic heterocycles. The molecule has 11 heteroatoms. The van der Waals surface area contributed by atoms with Crippen molar-refractivity contribution < 1.29 is 18.6 Å². The number of phenols is 1. The number of nitrogens with zero attached hydrogens (tertiary/aromatic N) is 5. The van der Waals surface area contributed by atoms with Gasteiger partial charge in [0.1, 0.15) is 23.6 Å². The average Bonchev–Trinajstić information content (AvgIpc) is 3.61. The zero-order valence-electron chi connectivity index (χ0n) is 24.3. The lowest BCUT2D eigenvalue weighted by Gasteiger charge is -2.31. The maximum Gasteiger partial charge on any atom is 0.320 e. The molecule has 0 amide bonds. The minimum atomic E-state index is -0.580. The number of anilines is 1. The SMILES string of the molecule is C#Cc1c(F)ccc2cc(O)cc(-n3[nH]c4nc(OCC56CCCN5CCC6)nc(N5CCCCCC5)c4c3=O)c12.CF. The van der Waals surface area contributed by atoms with Crippen LogP contribution in [0.2, 0.25) is 0 Å². The lowest BCUT2D eigenvalue weighted by atomic mass is 9.95. The Bertz CT molecular complexity index is 1740. The molecule has 0 bridgehead atoms. The van der Waals surface area contributed by atoms with Gasteiger partial charge in [-0.15, -0.1) is 6.42 Å². The van der Waals surface area contributed by atoms with E-state index in [1.807, 2.05) is 0 Å². The molecule has 3 fully saturated rings. The zero-order chi connectivity index (χ0) is 30.1. The fourth-order valence-electron chi connectivity index (χ4n) is 7.10. The van der Waals surface area contributed by atoms with Crippen molar-refractivity contribution in [2.45, 2.75) is 56.9 Å². The van der Waals surface area contributed by atoms with E-state index in [0.29, 0.717) is 41.4 Å². The van der Waals surface area contributed by atoms with Gasteiger partial charge in [-0.05, 0) is 69.1 Å². The molecule has 5 heterocycles. The largest absolute Gasteiger partial charge is 0.508 e. The molecular formula is C32H36F2N6O3. The van der Waals surface area contributed by atoms with E-state index in [1.165, 1.54) is 28.9 Å². The number of aromatic hydroxyl groups is 1. The van der Waals surface area contributed by atoms with E-state index < -0.39 is 11.4 Å². The quantitative estimate of drug-likeness (QED) is 0.314. The van der Waals surface area contributed by atoms with Gasteiger partial charge >= 0.3 is 6.01 Å². The van der Waals surface area contributed by atoms with Crippen molar-refractivity contribution in [3.05, 3.63) is 46.0 Å². The summed E-state index contributed by atoms with van der Waals surface area (Å²) in [4.78, 5) is 28.3. The summed E-state index contributed by atoms with van der Waals surface area (Å²) in [5.74, 6) is 2.29. The molecule has 43 heavy (non-hydrogen) atoms. The molecule has 0 saturated carbocycles. The van der Waals surface area contributed by atoms with Crippen LogP contribution in [0.1, 0.15) is 56.9 Å². The number of aromatic amines is 1. The Morgan fingerprint density at radius 2 is 1.74 bits per heavy atom.